The molecule has 20 heavy (non-hydrogen) atoms. The van der Waals surface area contributed by atoms with Gasteiger partial charge >= 0.3 is 0 Å². The number of nitrogens with zero attached hydrogens (tertiary/aromatic N) is 3. The molecule has 1 unspecified atom stereocenters. The molecule has 1 fully saturated rings. The molecule has 1 aliphatic rings. The van der Waals surface area contributed by atoms with Crippen LogP contribution in [0.2, 0.25) is 0 Å². The monoisotopic (exact) mass is 291 g/mol. The van der Waals surface area contributed by atoms with Crippen LogP contribution >= 0.6 is 11.3 Å². The fourth-order valence-electron chi connectivity index (χ4n) is 2.39. The van der Waals surface area contributed by atoms with Crippen LogP contribution in [-0.4, -0.2) is 46.7 Å². The number of ether oxygens (including phenoxy) is 1. The van der Waals surface area contributed by atoms with Crippen LogP contribution in [0.3, 0.4) is 0 Å². The molecule has 0 saturated carbocycles. The van der Waals surface area contributed by atoms with E-state index < -0.39 is 0 Å². The van der Waals surface area contributed by atoms with Crippen molar-refractivity contribution >= 4 is 17.2 Å². The SMILES string of the molecule is CC(C(=O)N1CCOCC1)n1ccnc1-c1cccs1. The van der Waals surface area contributed by atoms with Crippen molar-refractivity contribution in [2.45, 2.75) is 13.0 Å². The molecule has 0 spiro atoms. The van der Waals surface area contributed by atoms with Crippen molar-refractivity contribution in [1.29, 1.82) is 0 Å². The van der Waals surface area contributed by atoms with Crippen molar-refractivity contribution in [1.82, 2.24) is 14.5 Å². The number of hydrogen-bond acceptors (Lipinski definition) is 4. The average molecular weight is 291 g/mol. The summed E-state index contributed by atoms with van der Waals surface area (Å²) in [5.74, 6) is 0.984. The Bertz CT molecular complexity index is 573. The molecule has 6 heteroatoms. The third kappa shape index (κ3) is 2.48. The van der Waals surface area contributed by atoms with Gasteiger partial charge in [-0.1, -0.05) is 6.07 Å². The van der Waals surface area contributed by atoms with Gasteiger partial charge in [-0.15, -0.1) is 11.3 Å². The lowest BCUT2D eigenvalue weighted by molar-refractivity contribution is -0.138. The highest BCUT2D eigenvalue weighted by molar-refractivity contribution is 7.13. The minimum Gasteiger partial charge on any atom is -0.378 e. The molecule has 0 aromatic carbocycles. The molecule has 3 heterocycles. The second-order valence-corrected chi connectivity index (χ2v) is 5.70. The predicted octanol–water partition coefficient (Wildman–Crippen LogP) is 2.03. The quantitative estimate of drug-likeness (QED) is 0.869. The summed E-state index contributed by atoms with van der Waals surface area (Å²) in [5.41, 5.74) is 0. The molecule has 1 saturated heterocycles. The summed E-state index contributed by atoms with van der Waals surface area (Å²) < 4.78 is 7.24. The molecule has 3 rings (SSSR count). The standard InChI is InChI=1S/C14H17N3O2S/c1-11(14(18)16-6-8-19-9-7-16)17-5-4-15-13(17)12-3-2-10-20-12/h2-5,10-11H,6-9H2,1H3. The van der Waals surface area contributed by atoms with Crippen LogP contribution < -0.4 is 0 Å². The van der Waals surface area contributed by atoms with Gasteiger partial charge in [0.1, 0.15) is 6.04 Å². The van der Waals surface area contributed by atoms with E-state index in [0.717, 1.165) is 10.7 Å². The van der Waals surface area contributed by atoms with E-state index in [1.165, 1.54) is 0 Å². The summed E-state index contributed by atoms with van der Waals surface area (Å²) in [4.78, 5) is 19.9. The van der Waals surface area contributed by atoms with Crippen LogP contribution in [0.15, 0.2) is 29.9 Å². The number of amides is 1. The van der Waals surface area contributed by atoms with E-state index in [2.05, 4.69) is 4.98 Å². The average Bonchev–Trinajstić information content (AvgIpc) is 3.16. The maximum atomic E-state index is 12.5. The van der Waals surface area contributed by atoms with Gasteiger partial charge in [-0.3, -0.25) is 4.79 Å². The van der Waals surface area contributed by atoms with Crippen LogP contribution in [-0.2, 0) is 9.53 Å². The van der Waals surface area contributed by atoms with E-state index >= 15 is 0 Å². The Kier molecular flexibility index (Phi) is 3.84. The first kappa shape index (κ1) is 13.3. The van der Waals surface area contributed by atoms with Gasteiger partial charge < -0.3 is 14.2 Å². The molecule has 0 N–H and O–H groups in total. The minimum atomic E-state index is -0.243. The molecule has 1 amide bonds. The molecule has 1 atom stereocenters. The molecule has 5 nitrogen and oxygen atoms in total. The second kappa shape index (κ2) is 5.76. The van der Waals surface area contributed by atoms with Crippen LogP contribution in [0.4, 0.5) is 0 Å². The molecular weight excluding hydrogens is 274 g/mol. The first-order chi connectivity index (χ1) is 9.77. The Morgan fingerprint density at radius 2 is 2.25 bits per heavy atom. The number of rotatable bonds is 3. The number of thiophene rings is 1. The molecule has 0 aliphatic carbocycles. The van der Waals surface area contributed by atoms with Gasteiger partial charge in [0.15, 0.2) is 5.82 Å². The van der Waals surface area contributed by atoms with E-state index in [-0.39, 0.29) is 11.9 Å². The smallest absolute Gasteiger partial charge is 0.245 e. The lowest BCUT2D eigenvalue weighted by Crippen LogP contribution is -2.43. The van der Waals surface area contributed by atoms with Crippen LogP contribution in [0.1, 0.15) is 13.0 Å². The molecular formula is C14H17N3O2S. The summed E-state index contributed by atoms with van der Waals surface area (Å²) in [6.07, 6.45) is 3.62. The molecule has 0 bridgehead atoms. The zero-order chi connectivity index (χ0) is 13.9. The van der Waals surface area contributed by atoms with Crippen LogP contribution in [0, 0.1) is 0 Å². The fourth-order valence-corrected chi connectivity index (χ4v) is 3.11. The van der Waals surface area contributed by atoms with E-state index in [1.54, 1.807) is 17.5 Å². The van der Waals surface area contributed by atoms with Crippen LogP contribution in [0.25, 0.3) is 10.7 Å². The number of morpholine rings is 1. The molecule has 106 valence electrons. The topological polar surface area (TPSA) is 47.4 Å². The van der Waals surface area contributed by atoms with Gasteiger partial charge in [-0.25, -0.2) is 4.98 Å². The Morgan fingerprint density at radius 3 is 2.95 bits per heavy atom. The van der Waals surface area contributed by atoms with E-state index in [0.29, 0.717) is 26.3 Å². The van der Waals surface area contributed by atoms with Crippen molar-refractivity contribution < 1.29 is 9.53 Å². The van der Waals surface area contributed by atoms with Gasteiger partial charge in [0.25, 0.3) is 0 Å². The van der Waals surface area contributed by atoms with E-state index in [1.807, 2.05) is 40.1 Å². The van der Waals surface area contributed by atoms with Gasteiger partial charge in [-0.05, 0) is 18.4 Å². The number of carbonyl (C=O) groups is 1. The maximum Gasteiger partial charge on any atom is 0.245 e. The van der Waals surface area contributed by atoms with Crippen LogP contribution in [0.5, 0.6) is 0 Å². The summed E-state index contributed by atoms with van der Waals surface area (Å²) in [6.45, 7) is 4.52. The van der Waals surface area contributed by atoms with Gasteiger partial charge in [0.05, 0.1) is 18.1 Å². The van der Waals surface area contributed by atoms with Crippen molar-refractivity contribution in [2.75, 3.05) is 26.3 Å². The minimum absolute atomic E-state index is 0.129. The first-order valence-electron chi connectivity index (χ1n) is 6.70. The van der Waals surface area contributed by atoms with Gasteiger partial charge in [-0.2, -0.15) is 0 Å². The Balaban J connectivity index is 1.82. The number of carbonyl (C=O) groups excluding carboxylic acids is 1. The highest BCUT2D eigenvalue weighted by atomic mass is 32.1. The Morgan fingerprint density at radius 1 is 1.45 bits per heavy atom. The molecule has 2 aromatic rings. The maximum absolute atomic E-state index is 12.5. The molecule has 0 radical (unpaired) electrons. The summed E-state index contributed by atoms with van der Waals surface area (Å²) in [6, 6.07) is 3.77. The zero-order valence-electron chi connectivity index (χ0n) is 11.4. The van der Waals surface area contributed by atoms with Crippen molar-refractivity contribution in [2.24, 2.45) is 0 Å². The normalized spacial score (nSPS) is 17.1. The third-order valence-electron chi connectivity index (χ3n) is 3.51. The van der Waals surface area contributed by atoms with Gasteiger partial charge in [0.2, 0.25) is 5.91 Å². The summed E-state index contributed by atoms with van der Waals surface area (Å²) in [7, 11) is 0. The first-order valence-corrected chi connectivity index (χ1v) is 7.58. The van der Waals surface area contributed by atoms with Crippen molar-refractivity contribution in [3.63, 3.8) is 0 Å². The summed E-state index contributed by atoms with van der Waals surface area (Å²) in [5, 5.41) is 2.02. The highest BCUT2D eigenvalue weighted by Crippen LogP contribution is 2.26. The Labute approximate surface area is 121 Å². The molecule has 1 aliphatic heterocycles. The predicted molar refractivity (Wildman–Crippen MR) is 77.7 cm³/mol. The lowest BCUT2D eigenvalue weighted by Gasteiger charge is -2.30. The van der Waals surface area contributed by atoms with E-state index in [9.17, 15) is 4.79 Å². The number of imidazole rings is 1. The number of aromatic nitrogens is 2. The highest BCUT2D eigenvalue weighted by Gasteiger charge is 2.25. The largest absolute Gasteiger partial charge is 0.378 e. The van der Waals surface area contributed by atoms with Crippen molar-refractivity contribution in [3.05, 3.63) is 29.9 Å². The summed E-state index contributed by atoms with van der Waals surface area (Å²) >= 11 is 1.63. The number of hydrogen-bond donors (Lipinski definition) is 0. The van der Waals surface area contributed by atoms with E-state index in [4.69, 9.17) is 4.74 Å². The second-order valence-electron chi connectivity index (χ2n) is 4.75. The molecule has 2 aromatic heterocycles. The van der Waals surface area contributed by atoms with Crippen molar-refractivity contribution in [3.8, 4) is 10.7 Å². The Hall–Kier alpha value is -1.66. The van der Waals surface area contributed by atoms with Gasteiger partial charge in [0, 0.05) is 25.5 Å². The lowest BCUT2D eigenvalue weighted by atomic mass is 10.2. The zero-order valence-corrected chi connectivity index (χ0v) is 12.2. The fraction of sp³-hybridized carbons (Fsp3) is 0.429. The third-order valence-corrected chi connectivity index (χ3v) is 4.37.